The SMILES string of the molecule is Cc1cc2c(cn1)cc(C1CC(NC(=S)NC(=O)C3CCCCC3)CCC1C)c(=O)n2C. The third-order valence-corrected chi connectivity index (χ3v) is 7.64. The molecule has 2 aliphatic rings. The van der Waals surface area contributed by atoms with Crippen LogP contribution in [-0.4, -0.2) is 26.6 Å². The lowest BCUT2D eigenvalue weighted by Gasteiger charge is -2.35. The van der Waals surface area contributed by atoms with E-state index in [1.165, 1.54) is 6.42 Å². The Balaban J connectivity index is 1.47. The molecule has 7 heteroatoms. The maximum atomic E-state index is 13.2. The number of hydrogen-bond acceptors (Lipinski definition) is 4. The molecule has 1 amide bonds. The second kappa shape index (κ2) is 9.69. The minimum atomic E-state index is 0.0501. The number of amides is 1. The summed E-state index contributed by atoms with van der Waals surface area (Å²) in [4.78, 5) is 30.2. The molecule has 0 aromatic carbocycles. The van der Waals surface area contributed by atoms with Crippen molar-refractivity contribution in [2.45, 2.75) is 77.2 Å². The van der Waals surface area contributed by atoms with E-state index >= 15 is 0 Å². The number of rotatable bonds is 3. The fourth-order valence-corrected chi connectivity index (χ4v) is 5.71. The van der Waals surface area contributed by atoms with Crippen LogP contribution in [0.4, 0.5) is 0 Å². The predicted molar refractivity (Wildman–Crippen MR) is 132 cm³/mol. The molecular formula is C25H34N4O2S. The van der Waals surface area contributed by atoms with Crippen LogP contribution in [0.25, 0.3) is 10.9 Å². The fraction of sp³-hybridized carbons (Fsp3) is 0.600. The first-order valence-corrected chi connectivity index (χ1v) is 12.3. The van der Waals surface area contributed by atoms with Gasteiger partial charge in [0.25, 0.3) is 5.56 Å². The maximum Gasteiger partial charge on any atom is 0.254 e. The Labute approximate surface area is 195 Å². The number of thiocarbonyl (C=S) groups is 1. The first kappa shape index (κ1) is 22.9. The van der Waals surface area contributed by atoms with Gasteiger partial charge in [0, 0.05) is 41.8 Å². The molecule has 0 bridgehead atoms. The molecule has 0 aliphatic heterocycles. The largest absolute Gasteiger partial charge is 0.360 e. The molecule has 2 aromatic rings. The molecule has 2 heterocycles. The molecule has 3 atom stereocenters. The van der Waals surface area contributed by atoms with Crippen molar-refractivity contribution in [3.8, 4) is 0 Å². The van der Waals surface area contributed by atoms with Gasteiger partial charge in [0.1, 0.15) is 0 Å². The van der Waals surface area contributed by atoms with Crippen LogP contribution in [-0.2, 0) is 11.8 Å². The molecule has 0 spiro atoms. The van der Waals surface area contributed by atoms with Crippen molar-refractivity contribution >= 4 is 34.1 Å². The standard InChI is InChI=1S/C25H34N4O2S/c1-15-9-10-19(27-25(32)28-23(30)17-7-5-4-6-8-17)13-20(15)21-12-18-14-26-16(2)11-22(18)29(3)24(21)31/h11-12,14-15,17,19-20H,4-10,13H2,1-3H3,(H2,27,28,30,32). The molecule has 3 unspecified atom stereocenters. The second-order valence-electron chi connectivity index (χ2n) is 9.74. The molecular weight excluding hydrogens is 420 g/mol. The number of carbonyl (C=O) groups excluding carboxylic acids is 1. The van der Waals surface area contributed by atoms with Gasteiger partial charge < -0.3 is 15.2 Å². The van der Waals surface area contributed by atoms with Gasteiger partial charge in [-0.2, -0.15) is 0 Å². The molecule has 0 saturated heterocycles. The van der Waals surface area contributed by atoms with E-state index in [2.05, 4.69) is 22.5 Å². The third kappa shape index (κ3) is 4.87. The zero-order chi connectivity index (χ0) is 22.8. The highest BCUT2D eigenvalue weighted by molar-refractivity contribution is 7.80. The summed E-state index contributed by atoms with van der Waals surface area (Å²) in [6, 6.07) is 4.13. The Hall–Kier alpha value is -2.28. The van der Waals surface area contributed by atoms with Crippen LogP contribution in [0.1, 0.15) is 75.5 Å². The fourth-order valence-electron chi connectivity index (χ4n) is 5.44. The highest BCUT2D eigenvalue weighted by atomic mass is 32.1. The van der Waals surface area contributed by atoms with Gasteiger partial charge in [-0.25, -0.2) is 0 Å². The Morgan fingerprint density at radius 3 is 2.66 bits per heavy atom. The normalized spacial score (nSPS) is 24.3. The summed E-state index contributed by atoms with van der Waals surface area (Å²) in [5.74, 6) is 0.680. The summed E-state index contributed by atoms with van der Waals surface area (Å²) in [7, 11) is 1.84. The number of fused-ring (bicyclic) bond motifs is 1. The smallest absolute Gasteiger partial charge is 0.254 e. The summed E-state index contributed by atoms with van der Waals surface area (Å²) in [6.45, 7) is 4.16. The highest BCUT2D eigenvalue weighted by Crippen LogP contribution is 2.37. The Morgan fingerprint density at radius 2 is 1.91 bits per heavy atom. The van der Waals surface area contributed by atoms with E-state index < -0.39 is 0 Å². The zero-order valence-electron chi connectivity index (χ0n) is 19.3. The van der Waals surface area contributed by atoms with Gasteiger partial charge in [-0.15, -0.1) is 0 Å². The van der Waals surface area contributed by atoms with E-state index in [9.17, 15) is 9.59 Å². The summed E-state index contributed by atoms with van der Waals surface area (Å²) in [5.41, 5.74) is 2.73. The third-order valence-electron chi connectivity index (χ3n) is 7.42. The van der Waals surface area contributed by atoms with Crippen LogP contribution < -0.4 is 16.2 Å². The lowest BCUT2D eigenvalue weighted by molar-refractivity contribution is -0.124. The molecule has 172 valence electrons. The van der Waals surface area contributed by atoms with E-state index in [0.29, 0.717) is 11.0 Å². The minimum Gasteiger partial charge on any atom is -0.360 e. The Bertz CT molecular complexity index is 1070. The lowest BCUT2D eigenvalue weighted by atomic mass is 9.74. The number of hydrogen-bond donors (Lipinski definition) is 2. The van der Waals surface area contributed by atoms with E-state index in [1.54, 1.807) is 4.57 Å². The maximum absolute atomic E-state index is 13.2. The summed E-state index contributed by atoms with van der Waals surface area (Å²) in [5, 5.41) is 7.70. The van der Waals surface area contributed by atoms with Crippen LogP contribution in [0.2, 0.25) is 0 Å². The number of aryl methyl sites for hydroxylation is 2. The average molecular weight is 455 g/mol. The summed E-state index contributed by atoms with van der Waals surface area (Å²) < 4.78 is 1.75. The van der Waals surface area contributed by atoms with Crippen LogP contribution >= 0.6 is 12.2 Å². The lowest BCUT2D eigenvalue weighted by Crippen LogP contribution is -2.48. The van der Waals surface area contributed by atoms with Crippen molar-refractivity contribution in [1.29, 1.82) is 0 Å². The zero-order valence-corrected chi connectivity index (χ0v) is 20.1. The van der Waals surface area contributed by atoms with Crippen LogP contribution in [0, 0.1) is 18.8 Å². The van der Waals surface area contributed by atoms with Gasteiger partial charge in [-0.3, -0.25) is 14.6 Å². The quantitative estimate of drug-likeness (QED) is 0.684. The van der Waals surface area contributed by atoms with Gasteiger partial charge in [0.05, 0.1) is 5.52 Å². The van der Waals surface area contributed by atoms with Crippen molar-refractivity contribution in [3.05, 3.63) is 39.9 Å². The molecule has 2 saturated carbocycles. The van der Waals surface area contributed by atoms with Crippen molar-refractivity contribution < 1.29 is 4.79 Å². The molecule has 2 fully saturated rings. The average Bonchev–Trinajstić information content (AvgIpc) is 2.78. The van der Waals surface area contributed by atoms with Gasteiger partial charge in [0.2, 0.25) is 5.91 Å². The van der Waals surface area contributed by atoms with Crippen molar-refractivity contribution in [2.75, 3.05) is 0 Å². The number of aromatic nitrogens is 2. The van der Waals surface area contributed by atoms with Crippen molar-refractivity contribution in [2.24, 2.45) is 18.9 Å². The first-order valence-electron chi connectivity index (χ1n) is 11.9. The molecule has 2 N–H and O–H groups in total. The van der Waals surface area contributed by atoms with Crippen molar-refractivity contribution in [1.82, 2.24) is 20.2 Å². The minimum absolute atomic E-state index is 0.0501. The number of carbonyl (C=O) groups is 1. The number of nitrogens with one attached hydrogen (secondary N) is 2. The molecule has 2 aliphatic carbocycles. The monoisotopic (exact) mass is 454 g/mol. The summed E-state index contributed by atoms with van der Waals surface area (Å²) in [6.07, 6.45) is 10.0. The van der Waals surface area contributed by atoms with E-state index in [1.807, 2.05) is 32.3 Å². The van der Waals surface area contributed by atoms with E-state index in [-0.39, 0.29) is 29.3 Å². The number of nitrogens with zero attached hydrogens (tertiary/aromatic N) is 2. The first-order chi connectivity index (χ1) is 15.3. The Kier molecular flexibility index (Phi) is 6.93. The van der Waals surface area contributed by atoms with Gasteiger partial charge in [0.15, 0.2) is 5.11 Å². The van der Waals surface area contributed by atoms with E-state index in [0.717, 1.165) is 67.1 Å². The highest BCUT2D eigenvalue weighted by Gasteiger charge is 2.32. The van der Waals surface area contributed by atoms with Gasteiger partial charge in [-0.1, -0.05) is 26.2 Å². The van der Waals surface area contributed by atoms with Crippen LogP contribution in [0.5, 0.6) is 0 Å². The number of pyridine rings is 2. The molecule has 2 aromatic heterocycles. The Morgan fingerprint density at radius 1 is 1.16 bits per heavy atom. The topological polar surface area (TPSA) is 76.0 Å². The summed E-state index contributed by atoms with van der Waals surface area (Å²) >= 11 is 5.47. The predicted octanol–water partition coefficient (Wildman–Crippen LogP) is 4.09. The van der Waals surface area contributed by atoms with Gasteiger partial charge >= 0.3 is 0 Å². The van der Waals surface area contributed by atoms with E-state index in [4.69, 9.17) is 12.2 Å². The molecule has 6 nitrogen and oxygen atoms in total. The molecule has 32 heavy (non-hydrogen) atoms. The molecule has 0 radical (unpaired) electrons. The second-order valence-corrected chi connectivity index (χ2v) is 10.1. The van der Waals surface area contributed by atoms with Crippen LogP contribution in [0.3, 0.4) is 0 Å². The van der Waals surface area contributed by atoms with Crippen molar-refractivity contribution in [3.63, 3.8) is 0 Å². The molecule has 4 rings (SSSR count). The van der Waals surface area contributed by atoms with Gasteiger partial charge in [-0.05, 0) is 75.2 Å². The van der Waals surface area contributed by atoms with Crippen LogP contribution in [0.15, 0.2) is 23.1 Å².